The minimum atomic E-state index is -2.88. The Balaban J connectivity index is 2.64. The number of hydrogen-bond acceptors (Lipinski definition) is 5. The highest BCUT2D eigenvalue weighted by molar-refractivity contribution is 6.60. The van der Waals surface area contributed by atoms with Crippen molar-refractivity contribution in [2.75, 3.05) is 27.4 Å². The summed E-state index contributed by atoms with van der Waals surface area (Å²) in [7, 11) is -0.0557. The van der Waals surface area contributed by atoms with E-state index in [-0.39, 0.29) is 6.54 Å². The van der Waals surface area contributed by atoms with Crippen LogP contribution in [0, 0.1) is 29.1 Å². The third kappa shape index (κ3) is 5.12. The quantitative estimate of drug-likeness (QED) is 0.226. The maximum Gasteiger partial charge on any atom is 0.500 e. The van der Waals surface area contributed by atoms with E-state index in [0.29, 0.717) is 19.1 Å². The Morgan fingerprint density at radius 2 is 1.46 bits per heavy atom. The lowest BCUT2D eigenvalue weighted by molar-refractivity contribution is 0.103. The molecule has 148 valence electrons. The van der Waals surface area contributed by atoms with Crippen LogP contribution in [0.15, 0.2) is 0 Å². The van der Waals surface area contributed by atoms with E-state index in [0.717, 1.165) is 0 Å². The second-order valence-electron chi connectivity index (χ2n) is 4.84. The Morgan fingerprint density at radius 1 is 0.962 bits per heavy atom. The van der Waals surface area contributed by atoms with E-state index in [9.17, 15) is 26.7 Å². The van der Waals surface area contributed by atoms with E-state index in [4.69, 9.17) is 13.3 Å². The van der Waals surface area contributed by atoms with Crippen molar-refractivity contribution in [3.8, 4) is 5.75 Å². The fourth-order valence-electron chi connectivity index (χ4n) is 2.00. The molecule has 1 aromatic carbocycles. The van der Waals surface area contributed by atoms with Gasteiger partial charge in [0.05, 0.1) is 0 Å². The van der Waals surface area contributed by atoms with Crippen LogP contribution in [0.5, 0.6) is 5.75 Å². The van der Waals surface area contributed by atoms with Crippen LogP contribution < -0.4 is 10.1 Å². The molecule has 1 rings (SSSR count). The van der Waals surface area contributed by atoms with Crippen LogP contribution in [-0.2, 0) is 13.3 Å². The summed E-state index contributed by atoms with van der Waals surface area (Å²) in [6.07, 6.45) is -1.09. The molecule has 0 atom stereocenters. The molecule has 0 bridgehead atoms. The Hall–Kier alpha value is -1.76. The Bertz CT molecular complexity index is 616. The smallest absolute Gasteiger partial charge is 0.404 e. The average molecular weight is 403 g/mol. The Kier molecular flexibility index (Phi) is 8.40. The van der Waals surface area contributed by atoms with Crippen molar-refractivity contribution >= 4 is 14.9 Å². The van der Waals surface area contributed by atoms with E-state index in [2.05, 4.69) is 10.1 Å². The van der Waals surface area contributed by atoms with Crippen molar-refractivity contribution in [2.24, 2.45) is 0 Å². The van der Waals surface area contributed by atoms with Gasteiger partial charge in [0.1, 0.15) is 0 Å². The number of halogens is 5. The van der Waals surface area contributed by atoms with E-state index >= 15 is 0 Å². The summed E-state index contributed by atoms with van der Waals surface area (Å²) in [6.45, 7) is 2.06. The molecular formula is C14H18F5NO5Si. The molecule has 0 radical (unpaired) electrons. The number of nitrogens with one attached hydrogen (secondary N) is 1. The maximum atomic E-state index is 13.4. The van der Waals surface area contributed by atoms with Crippen LogP contribution in [0.25, 0.3) is 0 Å². The van der Waals surface area contributed by atoms with Crippen molar-refractivity contribution in [1.29, 1.82) is 0 Å². The molecule has 0 heterocycles. The molecule has 26 heavy (non-hydrogen) atoms. The Morgan fingerprint density at radius 3 is 1.92 bits per heavy atom. The van der Waals surface area contributed by atoms with Gasteiger partial charge in [0.25, 0.3) is 0 Å². The van der Waals surface area contributed by atoms with Gasteiger partial charge in [-0.15, -0.1) is 0 Å². The molecule has 6 nitrogen and oxygen atoms in total. The van der Waals surface area contributed by atoms with Gasteiger partial charge in [-0.2, -0.15) is 8.78 Å². The summed E-state index contributed by atoms with van der Waals surface area (Å²) in [5.41, 5.74) is 0. The summed E-state index contributed by atoms with van der Waals surface area (Å²) in [4.78, 5) is 11.5. The molecule has 1 N–H and O–H groups in total. The lowest BCUT2D eigenvalue weighted by atomic mass is 10.2. The van der Waals surface area contributed by atoms with Gasteiger partial charge in [0, 0.05) is 33.4 Å². The highest BCUT2D eigenvalue weighted by Gasteiger charge is 2.37. The number of rotatable bonds is 9. The third-order valence-corrected chi connectivity index (χ3v) is 6.22. The number of ether oxygens (including phenoxy) is 1. The molecule has 0 spiro atoms. The second-order valence-corrected chi connectivity index (χ2v) is 7.81. The van der Waals surface area contributed by atoms with Gasteiger partial charge in [0.2, 0.25) is 34.8 Å². The zero-order chi connectivity index (χ0) is 19.9. The van der Waals surface area contributed by atoms with Crippen molar-refractivity contribution in [3.05, 3.63) is 29.1 Å². The second kappa shape index (κ2) is 9.80. The summed E-state index contributed by atoms with van der Waals surface area (Å²) in [6, 6.07) is 0.316. The number of amides is 1. The lowest BCUT2D eigenvalue weighted by Gasteiger charge is -2.25. The predicted molar refractivity (Wildman–Crippen MR) is 81.1 cm³/mol. The molecular weight excluding hydrogens is 385 g/mol. The highest BCUT2D eigenvalue weighted by Crippen LogP contribution is 2.29. The minimum absolute atomic E-state index is 0.0389. The first kappa shape index (κ1) is 22.3. The number of benzene rings is 1. The van der Waals surface area contributed by atoms with Crippen LogP contribution in [0.2, 0.25) is 6.04 Å². The fraction of sp³-hybridized carbons (Fsp3) is 0.500. The molecule has 0 aliphatic rings. The van der Waals surface area contributed by atoms with Gasteiger partial charge in [-0.25, -0.2) is 18.0 Å². The summed E-state index contributed by atoms with van der Waals surface area (Å²) in [5.74, 6) is -12.9. The van der Waals surface area contributed by atoms with Gasteiger partial charge in [0.15, 0.2) is 0 Å². The van der Waals surface area contributed by atoms with E-state index in [1.807, 2.05) is 0 Å². The standard InChI is InChI=1S/C14H18F5NO5Si/c1-4-24-26(22-2,23-3)7-5-6-20-14(21)25-13-11(18)9(16)8(15)10(17)12(13)19/h4-7H2,1-3H3,(H,20,21). The van der Waals surface area contributed by atoms with Crippen molar-refractivity contribution in [2.45, 2.75) is 19.4 Å². The number of carbonyl (C=O) groups is 1. The van der Waals surface area contributed by atoms with Crippen LogP contribution in [0.1, 0.15) is 13.3 Å². The molecule has 0 fully saturated rings. The van der Waals surface area contributed by atoms with Crippen LogP contribution in [0.4, 0.5) is 26.7 Å². The first-order chi connectivity index (χ1) is 12.2. The van der Waals surface area contributed by atoms with Gasteiger partial charge in [-0.3, -0.25) is 0 Å². The lowest BCUT2D eigenvalue weighted by Crippen LogP contribution is -2.44. The average Bonchev–Trinajstić information content (AvgIpc) is 2.64. The third-order valence-electron chi connectivity index (χ3n) is 3.28. The molecule has 0 aliphatic carbocycles. The predicted octanol–water partition coefficient (Wildman–Crippen LogP) is 3.13. The zero-order valence-electron chi connectivity index (χ0n) is 14.3. The topological polar surface area (TPSA) is 66.0 Å². The molecule has 0 saturated carbocycles. The van der Waals surface area contributed by atoms with Crippen molar-refractivity contribution in [1.82, 2.24) is 5.32 Å². The molecule has 0 saturated heterocycles. The van der Waals surface area contributed by atoms with E-state index in [1.54, 1.807) is 6.92 Å². The normalized spacial score (nSPS) is 11.5. The SMILES string of the molecule is CCO[Si](CCCNC(=O)Oc1c(F)c(F)c(F)c(F)c1F)(OC)OC. The van der Waals surface area contributed by atoms with Crippen LogP contribution in [0.3, 0.4) is 0 Å². The first-order valence-corrected chi connectivity index (χ1v) is 9.37. The molecule has 0 aromatic heterocycles. The molecule has 0 aliphatic heterocycles. The largest absolute Gasteiger partial charge is 0.500 e. The maximum absolute atomic E-state index is 13.4. The first-order valence-electron chi connectivity index (χ1n) is 7.44. The van der Waals surface area contributed by atoms with Crippen LogP contribution in [-0.4, -0.2) is 42.3 Å². The van der Waals surface area contributed by atoms with Gasteiger partial charge >= 0.3 is 14.9 Å². The molecule has 12 heteroatoms. The highest BCUT2D eigenvalue weighted by atomic mass is 28.4. The van der Waals surface area contributed by atoms with Gasteiger partial charge in [-0.05, 0) is 13.3 Å². The zero-order valence-corrected chi connectivity index (χ0v) is 15.3. The van der Waals surface area contributed by atoms with Crippen molar-refractivity contribution < 1.29 is 44.8 Å². The number of carbonyl (C=O) groups excluding carboxylic acids is 1. The summed E-state index contributed by atoms with van der Waals surface area (Å²) < 4.78 is 85.9. The molecule has 1 aromatic rings. The number of hydrogen-bond donors (Lipinski definition) is 1. The molecule has 0 unspecified atom stereocenters. The monoisotopic (exact) mass is 403 g/mol. The minimum Gasteiger partial charge on any atom is -0.404 e. The Labute approximate surface area is 147 Å². The van der Waals surface area contributed by atoms with Crippen LogP contribution >= 0.6 is 0 Å². The van der Waals surface area contributed by atoms with Gasteiger partial charge < -0.3 is 23.3 Å². The fourth-order valence-corrected chi connectivity index (χ4v) is 4.00. The summed E-state index contributed by atoms with van der Waals surface area (Å²) in [5, 5.41) is 2.12. The van der Waals surface area contributed by atoms with E-state index in [1.165, 1.54) is 14.2 Å². The van der Waals surface area contributed by atoms with Gasteiger partial charge in [-0.1, -0.05) is 0 Å². The van der Waals surface area contributed by atoms with Crippen molar-refractivity contribution in [3.63, 3.8) is 0 Å². The summed E-state index contributed by atoms with van der Waals surface area (Å²) >= 11 is 0. The van der Waals surface area contributed by atoms with E-state index < -0.39 is 49.7 Å². The molecule has 1 amide bonds.